The number of carboxylic acid groups (broad SMARTS) is 1. The molecule has 0 saturated heterocycles. The smallest absolute Gasteiger partial charge is 0.303 e. The van der Waals surface area contributed by atoms with Gasteiger partial charge in [0, 0.05) is 12.3 Å². The molecule has 1 aliphatic heterocycles. The zero-order valence-corrected chi connectivity index (χ0v) is 17.1. The van der Waals surface area contributed by atoms with Crippen LogP contribution in [0.25, 0.3) is 0 Å². The van der Waals surface area contributed by atoms with Crippen molar-refractivity contribution >= 4 is 5.97 Å². The Bertz CT molecular complexity index is 734. The molecule has 4 nitrogen and oxygen atoms in total. The molecule has 29 heavy (non-hydrogen) atoms. The van der Waals surface area contributed by atoms with Gasteiger partial charge in [0.25, 0.3) is 0 Å². The molecule has 0 bridgehead atoms. The highest BCUT2D eigenvalue weighted by Crippen LogP contribution is 2.42. The van der Waals surface area contributed by atoms with Gasteiger partial charge in [0.05, 0.1) is 19.3 Å². The molecule has 0 amide bonds. The maximum atomic E-state index is 10.7. The molecule has 0 radical (unpaired) electrons. The highest BCUT2D eigenvalue weighted by molar-refractivity contribution is 5.66. The van der Waals surface area contributed by atoms with Crippen LogP contribution in [0, 0.1) is 11.8 Å². The number of ether oxygens (including phenoxy) is 2. The number of hydrogen-bond acceptors (Lipinski definition) is 3. The second-order valence-corrected chi connectivity index (χ2v) is 7.97. The Balaban J connectivity index is 1.47. The second kappa shape index (κ2) is 11.0. The van der Waals surface area contributed by atoms with Gasteiger partial charge in [-0.05, 0) is 67.7 Å². The molecule has 0 unspecified atom stereocenters. The summed E-state index contributed by atoms with van der Waals surface area (Å²) < 4.78 is 12.0. The molecule has 1 saturated carbocycles. The zero-order chi connectivity index (χ0) is 20.5. The van der Waals surface area contributed by atoms with Crippen LogP contribution in [0.4, 0.5) is 0 Å². The molecule has 4 heteroatoms. The van der Waals surface area contributed by atoms with E-state index in [0.717, 1.165) is 43.4 Å². The largest absolute Gasteiger partial charge is 0.493 e. The minimum atomic E-state index is -0.723. The van der Waals surface area contributed by atoms with E-state index >= 15 is 0 Å². The molecule has 3 atom stereocenters. The average molecular weight is 397 g/mol. The van der Waals surface area contributed by atoms with Crippen LogP contribution < -0.4 is 4.74 Å². The van der Waals surface area contributed by atoms with Crippen LogP contribution in [0.1, 0.15) is 44.9 Å². The number of allylic oxidation sites excluding steroid dienone is 2. The third-order valence-electron chi connectivity index (χ3n) is 5.77. The summed E-state index contributed by atoms with van der Waals surface area (Å²) in [4.78, 5) is 10.7. The Morgan fingerprint density at radius 1 is 1.24 bits per heavy atom. The maximum absolute atomic E-state index is 10.7. The summed E-state index contributed by atoms with van der Waals surface area (Å²) >= 11 is 0. The fourth-order valence-electron chi connectivity index (χ4n) is 4.33. The fraction of sp³-hybridized carbons (Fsp3) is 0.480. The van der Waals surface area contributed by atoms with Gasteiger partial charge in [-0.25, -0.2) is 0 Å². The lowest BCUT2D eigenvalue weighted by molar-refractivity contribution is -0.137. The van der Waals surface area contributed by atoms with Crippen molar-refractivity contribution in [1.82, 2.24) is 0 Å². The van der Waals surface area contributed by atoms with Gasteiger partial charge in [-0.3, -0.25) is 4.79 Å². The molecule has 156 valence electrons. The number of para-hydroxylation sites is 1. The summed E-state index contributed by atoms with van der Waals surface area (Å²) in [7, 11) is 0. The van der Waals surface area contributed by atoms with E-state index in [9.17, 15) is 4.79 Å². The first-order chi connectivity index (χ1) is 14.1. The van der Waals surface area contributed by atoms with Crippen molar-refractivity contribution in [3.05, 3.63) is 66.3 Å². The predicted octanol–water partition coefficient (Wildman–Crippen LogP) is 5.56. The van der Waals surface area contributed by atoms with Crippen LogP contribution in [-0.2, 0) is 9.53 Å². The van der Waals surface area contributed by atoms with E-state index in [1.807, 2.05) is 30.3 Å². The van der Waals surface area contributed by atoms with E-state index in [4.69, 9.17) is 14.6 Å². The first kappa shape index (κ1) is 21.4. The van der Waals surface area contributed by atoms with Gasteiger partial charge in [-0.15, -0.1) is 0 Å². The summed E-state index contributed by atoms with van der Waals surface area (Å²) in [6.07, 6.45) is 12.8. The third kappa shape index (κ3) is 6.60. The van der Waals surface area contributed by atoms with Crippen LogP contribution in [0.2, 0.25) is 0 Å². The number of carbonyl (C=O) groups is 1. The van der Waals surface area contributed by atoms with Crippen LogP contribution in [-0.4, -0.2) is 30.4 Å². The van der Waals surface area contributed by atoms with Crippen LogP contribution >= 0.6 is 0 Å². The lowest BCUT2D eigenvalue weighted by atomic mass is 9.87. The summed E-state index contributed by atoms with van der Waals surface area (Å²) in [5.74, 6) is 0.997. The van der Waals surface area contributed by atoms with Gasteiger partial charge in [0.1, 0.15) is 5.75 Å². The first-order valence-electron chi connectivity index (χ1n) is 10.7. The third-order valence-corrected chi connectivity index (χ3v) is 5.77. The molecule has 1 aromatic carbocycles. The molecular weight excluding hydrogens is 364 g/mol. The monoisotopic (exact) mass is 396 g/mol. The van der Waals surface area contributed by atoms with Gasteiger partial charge in [0.15, 0.2) is 0 Å². The SMILES string of the molecule is C=C1C=C(CCCCC(=O)O)CO[C@H]2CC[C@H](/C=C/CCOc3ccccc3)[C@@H]12. The molecule has 0 aromatic heterocycles. The number of benzene rings is 1. The molecule has 3 rings (SSSR count). The molecule has 1 heterocycles. The Hall–Kier alpha value is -2.33. The topological polar surface area (TPSA) is 55.8 Å². The van der Waals surface area contributed by atoms with Gasteiger partial charge >= 0.3 is 5.97 Å². The van der Waals surface area contributed by atoms with E-state index in [0.29, 0.717) is 31.5 Å². The maximum Gasteiger partial charge on any atom is 0.303 e. The molecule has 1 N–H and O–H groups in total. The second-order valence-electron chi connectivity index (χ2n) is 7.97. The van der Waals surface area contributed by atoms with Crippen molar-refractivity contribution in [2.75, 3.05) is 13.2 Å². The molecule has 1 aromatic rings. The van der Waals surface area contributed by atoms with E-state index < -0.39 is 5.97 Å². The van der Waals surface area contributed by atoms with Gasteiger partial charge in [-0.2, -0.15) is 0 Å². The minimum absolute atomic E-state index is 0.237. The fourth-order valence-corrected chi connectivity index (χ4v) is 4.33. The zero-order valence-electron chi connectivity index (χ0n) is 17.1. The van der Waals surface area contributed by atoms with E-state index in [-0.39, 0.29) is 12.5 Å². The number of fused-ring (bicyclic) bond motifs is 1. The highest BCUT2D eigenvalue weighted by atomic mass is 16.5. The quantitative estimate of drug-likeness (QED) is 0.415. The number of hydrogen-bond donors (Lipinski definition) is 1. The van der Waals surface area contributed by atoms with Gasteiger partial charge < -0.3 is 14.6 Å². The first-order valence-corrected chi connectivity index (χ1v) is 10.7. The van der Waals surface area contributed by atoms with Crippen molar-refractivity contribution < 1.29 is 19.4 Å². The van der Waals surface area contributed by atoms with E-state index in [1.165, 1.54) is 5.57 Å². The van der Waals surface area contributed by atoms with Crippen LogP contribution in [0.3, 0.4) is 0 Å². The van der Waals surface area contributed by atoms with Crippen molar-refractivity contribution in [3.8, 4) is 5.75 Å². The van der Waals surface area contributed by atoms with Crippen molar-refractivity contribution in [3.63, 3.8) is 0 Å². The summed E-state index contributed by atoms with van der Waals surface area (Å²) in [5, 5.41) is 8.77. The molecule has 1 aliphatic carbocycles. The number of rotatable bonds is 10. The molecule has 0 spiro atoms. The lowest BCUT2D eigenvalue weighted by Crippen LogP contribution is -2.21. The molecular formula is C25H32O4. The lowest BCUT2D eigenvalue weighted by Gasteiger charge is -2.21. The van der Waals surface area contributed by atoms with Crippen molar-refractivity contribution in [2.45, 2.75) is 51.0 Å². The average Bonchev–Trinajstić information content (AvgIpc) is 3.05. The molecule has 1 fully saturated rings. The van der Waals surface area contributed by atoms with Gasteiger partial charge in [-0.1, -0.05) is 43.0 Å². The normalized spacial score (nSPS) is 24.2. The Kier molecular flexibility index (Phi) is 8.12. The summed E-state index contributed by atoms with van der Waals surface area (Å²) in [6.45, 7) is 5.68. The van der Waals surface area contributed by atoms with E-state index in [1.54, 1.807) is 0 Å². The number of aliphatic carboxylic acids is 1. The van der Waals surface area contributed by atoms with Crippen LogP contribution in [0.5, 0.6) is 5.75 Å². The summed E-state index contributed by atoms with van der Waals surface area (Å²) in [6, 6.07) is 9.90. The number of carboxylic acids is 1. The molecule has 2 aliphatic rings. The highest BCUT2D eigenvalue weighted by Gasteiger charge is 2.37. The van der Waals surface area contributed by atoms with Crippen molar-refractivity contribution in [1.29, 1.82) is 0 Å². The summed E-state index contributed by atoms with van der Waals surface area (Å²) in [5.41, 5.74) is 2.40. The van der Waals surface area contributed by atoms with E-state index in [2.05, 4.69) is 24.8 Å². The standard InChI is InChI=1S/C25H32O4/c1-19-17-20(9-5-6-13-24(26)27)18-29-23-15-14-21(25(19)23)10-7-8-16-28-22-11-3-2-4-12-22/h2-4,7,10-12,17,21,23,25H,1,5-6,8-9,13-16,18H2,(H,26,27)/b10-7+/t21-,23-,25+/m0/s1. The van der Waals surface area contributed by atoms with Gasteiger partial charge in [0.2, 0.25) is 0 Å². The minimum Gasteiger partial charge on any atom is -0.493 e. The Morgan fingerprint density at radius 3 is 2.86 bits per heavy atom. The Morgan fingerprint density at radius 2 is 2.07 bits per heavy atom. The Labute approximate surface area is 173 Å². The number of unbranched alkanes of at least 4 members (excludes halogenated alkanes) is 1. The van der Waals surface area contributed by atoms with Crippen molar-refractivity contribution in [2.24, 2.45) is 11.8 Å². The predicted molar refractivity (Wildman–Crippen MR) is 115 cm³/mol. The van der Waals surface area contributed by atoms with Crippen LogP contribution in [0.15, 0.2) is 66.3 Å².